The van der Waals surface area contributed by atoms with Crippen molar-refractivity contribution in [2.24, 2.45) is 0 Å². The zero-order valence-corrected chi connectivity index (χ0v) is 13.2. The average Bonchev–Trinajstić information content (AvgIpc) is 2.99. The topological polar surface area (TPSA) is 50.9 Å². The summed E-state index contributed by atoms with van der Waals surface area (Å²) >= 11 is 0. The molecular weight excluding hydrogens is 290 g/mol. The number of esters is 1. The van der Waals surface area contributed by atoms with Gasteiger partial charge in [-0.1, -0.05) is 36.4 Å². The number of pyridine rings is 1. The molecule has 0 spiro atoms. The minimum atomic E-state index is -1.71. The van der Waals surface area contributed by atoms with Crippen molar-refractivity contribution in [1.29, 1.82) is 0 Å². The number of nitrogens with zero attached hydrogens (tertiary/aromatic N) is 1. The van der Waals surface area contributed by atoms with Crippen LogP contribution in [0.25, 0.3) is 16.6 Å². The molecule has 0 radical (unpaired) electrons. The minimum absolute atomic E-state index is 0.228. The van der Waals surface area contributed by atoms with Crippen molar-refractivity contribution in [2.45, 2.75) is 19.4 Å². The van der Waals surface area contributed by atoms with E-state index in [1.165, 1.54) is 6.92 Å². The van der Waals surface area contributed by atoms with Crippen LogP contribution in [0.15, 0.2) is 60.8 Å². The van der Waals surface area contributed by atoms with Crippen molar-refractivity contribution in [2.75, 3.05) is 6.61 Å². The van der Waals surface area contributed by atoms with Crippen LogP contribution in [0.2, 0.25) is 0 Å². The molecule has 1 N–H and O–H groups in total. The van der Waals surface area contributed by atoms with Gasteiger partial charge >= 0.3 is 5.97 Å². The third kappa shape index (κ3) is 2.73. The molecule has 4 heteroatoms. The summed E-state index contributed by atoms with van der Waals surface area (Å²) in [6.07, 6.45) is 1.92. The number of rotatable bonds is 4. The molecule has 2 heterocycles. The summed E-state index contributed by atoms with van der Waals surface area (Å²) in [5, 5.41) is 10.7. The summed E-state index contributed by atoms with van der Waals surface area (Å²) < 4.78 is 6.83. The second-order valence-corrected chi connectivity index (χ2v) is 5.59. The van der Waals surface area contributed by atoms with Crippen LogP contribution >= 0.6 is 0 Å². The molecule has 0 aliphatic heterocycles. The van der Waals surface area contributed by atoms with E-state index in [0.29, 0.717) is 5.69 Å². The van der Waals surface area contributed by atoms with Gasteiger partial charge in [0.1, 0.15) is 0 Å². The predicted molar refractivity (Wildman–Crippen MR) is 89.0 cm³/mol. The Labute approximate surface area is 135 Å². The molecule has 1 unspecified atom stereocenters. The van der Waals surface area contributed by atoms with Crippen LogP contribution in [0.5, 0.6) is 0 Å². The Balaban J connectivity index is 2.12. The smallest absolute Gasteiger partial charge is 0.344 e. The van der Waals surface area contributed by atoms with Gasteiger partial charge in [0.15, 0.2) is 5.60 Å². The highest BCUT2D eigenvalue weighted by molar-refractivity contribution is 5.81. The van der Waals surface area contributed by atoms with Crippen LogP contribution in [-0.4, -0.2) is 22.1 Å². The van der Waals surface area contributed by atoms with Crippen molar-refractivity contribution in [3.8, 4) is 11.1 Å². The lowest BCUT2D eigenvalue weighted by Crippen LogP contribution is -2.35. The third-order valence-corrected chi connectivity index (χ3v) is 3.91. The zero-order valence-electron chi connectivity index (χ0n) is 13.2. The molecule has 3 aromatic rings. The van der Waals surface area contributed by atoms with E-state index in [-0.39, 0.29) is 6.61 Å². The van der Waals surface area contributed by atoms with E-state index >= 15 is 0 Å². The van der Waals surface area contributed by atoms with Gasteiger partial charge in [-0.3, -0.25) is 0 Å². The minimum Gasteiger partial charge on any atom is -0.464 e. The Morgan fingerprint density at radius 3 is 2.57 bits per heavy atom. The van der Waals surface area contributed by atoms with E-state index in [1.807, 2.05) is 59.1 Å². The molecule has 0 aliphatic rings. The monoisotopic (exact) mass is 309 g/mol. The Morgan fingerprint density at radius 1 is 1.13 bits per heavy atom. The van der Waals surface area contributed by atoms with Crippen LogP contribution in [0, 0.1) is 0 Å². The van der Waals surface area contributed by atoms with Crippen molar-refractivity contribution in [3.63, 3.8) is 0 Å². The Kier molecular flexibility index (Phi) is 3.92. The van der Waals surface area contributed by atoms with Crippen molar-refractivity contribution < 1.29 is 14.6 Å². The van der Waals surface area contributed by atoms with Gasteiger partial charge in [-0.25, -0.2) is 4.79 Å². The molecule has 23 heavy (non-hydrogen) atoms. The number of hydrogen-bond donors (Lipinski definition) is 1. The first-order chi connectivity index (χ1) is 11.0. The SMILES string of the molecule is CCOC(=O)C(C)(O)c1cccc2cc(-c3ccccc3)cn12. The maximum atomic E-state index is 12.1. The fraction of sp³-hybridized carbons (Fsp3) is 0.211. The second kappa shape index (κ2) is 5.89. The van der Waals surface area contributed by atoms with E-state index in [2.05, 4.69) is 0 Å². The predicted octanol–water partition coefficient (Wildman–Crippen LogP) is 3.38. The van der Waals surface area contributed by atoms with Crippen molar-refractivity contribution >= 4 is 11.5 Å². The van der Waals surface area contributed by atoms with Crippen LogP contribution in [0.4, 0.5) is 0 Å². The first kappa shape index (κ1) is 15.3. The van der Waals surface area contributed by atoms with Gasteiger partial charge in [-0.15, -0.1) is 0 Å². The molecule has 0 aliphatic carbocycles. The molecule has 1 atom stereocenters. The van der Waals surface area contributed by atoms with Crippen molar-refractivity contribution in [3.05, 3.63) is 66.5 Å². The molecule has 0 saturated heterocycles. The number of ether oxygens (including phenoxy) is 1. The quantitative estimate of drug-likeness (QED) is 0.752. The summed E-state index contributed by atoms with van der Waals surface area (Å²) in [5.41, 5.74) is 1.79. The zero-order chi connectivity index (χ0) is 16.4. The van der Waals surface area contributed by atoms with E-state index in [0.717, 1.165) is 16.6 Å². The Hall–Kier alpha value is -2.59. The normalized spacial score (nSPS) is 13.7. The Bertz CT molecular complexity index is 834. The molecule has 2 aromatic heterocycles. The summed E-state index contributed by atoms with van der Waals surface area (Å²) in [6.45, 7) is 3.41. The Morgan fingerprint density at radius 2 is 1.87 bits per heavy atom. The molecular formula is C19H19NO3. The fourth-order valence-electron chi connectivity index (χ4n) is 2.70. The molecule has 0 amide bonds. The highest BCUT2D eigenvalue weighted by Crippen LogP contribution is 2.28. The standard InChI is InChI=1S/C19H19NO3/c1-3-23-18(21)19(2,22)17-11-7-10-16-12-15(13-20(16)17)14-8-5-4-6-9-14/h4-13,22H,3H2,1-2H3. The number of carbonyl (C=O) groups is 1. The summed E-state index contributed by atoms with van der Waals surface area (Å²) in [5.74, 6) is -0.650. The maximum absolute atomic E-state index is 12.1. The van der Waals surface area contributed by atoms with Gasteiger partial charge in [-0.2, -0.15) is 0 Å². The molecule has 1 aromatic carbocycles. The van der Waals surface area contributed by atoms with E-state index in [1.54, 1.807) is 13.0 Å². The van der Waals surface area contributed by atoms with Crippen LogP contribution < -0.4 is 0 Å². The highest BCUT2D eigenvalue weighted by atomic mass is 16.5. The van der Waals surface area contributed by atoms with Gasteiger partial charge in [0, 0.05) is 17.3 Å². The molecule has 118 valence electrons. The number of fused-ring (bicyclic) bond motifs is 1. The van der Waals surface area contributed by atoms with Gasteiger partial charge in [0.2, 0.25) is 0 Å². The third-order valence-electron chi connectivity index (χ3n) is 3.91. The van der Waals surface area contributed by atoms with Crippen LogP contribution in [-0.2, 0) is 15.1 Å². The van der Waals surface area contributed by atoms with Crippen molar-refractivity contribution in [1.82, 2.24) is 4.40 Å². The average molecular weight is 309 g/mol. The van der Waals surface area contributed by atoms with E-state index < -0.39 is 11.6 Å². The maximum Gasteiger partial charge on any atom is 0.344 e. The summed E-state index contributed by atoms with van der Waals surface area (Å²) in [7, 11) is 0. The van der Waals surface area contributed by atoms with E-state index in [4.69, 9.17) is 4.74 Å². The number of aliphatic hydroxyl groups is 1. The molecule has 0 saturated carbocycles. The molecule has 4 nitrogen and oxygen atoms in total. The summed E-state index contributed by atoms with van der Waals surface area (Å²) in [6, 6.07) is 17.5. The molecule has 3 rings (SSSR count). The van der Waals surface area contributed by atoms with Gasteiger partial charge < -0.3 is 14.2 Å². The lowest BCUT2D eigenvalue weighted by Gasteiger charge is -2.22. The number of benzene rings is 1. The molecule has 0 bridgehead atoms. The van der Waals surface area contributed by atoms with Crippen LogP contribution in [0.1, 0.15) is 19.5 Å². The van der Waals surface area contributed by atoms with Gasteiger partial charge in [-0.05, 0) is 37.6 Å². The van der Waals surface area contributed by atoms with Crippen LogP contribution in [0.3, 0.4) is 0 Å². The lowest BCUT2D eigenvalue weighted by atomic mass is 10.0. The van der Waals surface area contributed by atoms with Gasteiger partial charge in [0.25, 0.3) is 0 Å². The highest BCUT2D eigenvalue weighted by Gasteiger charge is 2.36. The summed E-state index contributed by atoms with van der Waals surface area (Å²) in [4.78, 5) is 12.1. The number of hydrogen-bond acceptors (Lipinski definition) is 3. The second-order valence-electron chi connectivity index (χ2n) is 5.59. The first-order valence-electron chi connectivity index (χ1n) is 7.60. The number of carbonyl (C=O) groups excluding carboxylic acids is 1. The molecule has 0 fully saturated rings. The fourth-order valence-corrected chi connectivity index (χ4v) is 2.70. The first-order valence-corrected chi connectivity index (χ1v) is 7.60. The largest absolute Gasteiger partial charge is 0.464 e. The van der Waals surface area contributed by atoms with Gasteiger partial charge in [0.05, 0.1) is 12.3 Å². The lowest BCUT2D eigenvalue weighted by molar-refractivity contribution is -0.164. The number of aromatic nitrogens is 1. The van der Waals surface area contributed by atoms with E-state index in [9.17, 15) is 9.90 Å².